The van der Waals surface area contributed by atoms with Crippen molar-refractivity contribution in [1.29, 1.82) is 0 Å². The van der Waals surface area contributed by atoms with Gasteiger partial charge in [0.1, 0.15) is 0 Å². The van der Waals surface area contributed by atoms with Gasteiger partial charge in [-0.2, -0.15) is 0 Å². The Hall–Kier alpha value is -2.47. The van der Waals surface area contributed by atoms with Gasteiger partial charge in [-0.05, 0) is 43.0 Å². The molecule has 2 aliphatic heterocycles. The molecule has 2 fully saturated rings. The van der Waals surface area contributed by atoms with Crippen molar-refractivity contribution in [2.24, 2.45) is 0 Å². The number of rotatable bonds is 3. The molecule has 0 bridgehead atoms. The number of aromatic nitrogens is 2. The van der Waals surface area contributed by atoms with Crippen LogP contribution < -0.4 is 10.2 Å². The quantitative estimate of drug-likeness (QED) is 0.915. The number of carbonyl (C=O) groups excluding carboxylic acids is 1. The van der Waals surface area contributed by atoms with Crippen LogP contribution in [0.25, 0.3) is 0 Å². The van der Waals surface area contributed by atoms with Gasteiger partial charge in [-0.15, -0.1) is 0 Å². The highest BCUT2D eigenvalue weighted by molar-refractivity contribution is 5.96. The molecule has 0 saturated carbocycles. The molecule has 6 nitrogen and oxygen atoms in total. The summed E-state index contributed by atoms with van der Waals surface area (Å²) in [5.74, 6) is 1.35. The molecule has 1 amide bonds. The van der Waals surface area contributed by atoms with E-state index in [1.165, 1.54) is 5.56 Å². The molecule has 1 aromatic heterocycles. The van der Waals surface area contributed by atoms with Crippen molar-refractivity contribution in [2.45, 2.75) is 18.8 Å². The lowest BCUT2D eigenvalue weighted by atomic mass is 9.93. The monoisotopic (exact) mass is 351 g/mol. The Labute approximate surface area is 154 Å². The van der Waals surface area contributed by atoms with Gasteiger partial charge in [0, 0.05) is 50.7 Å². The Morgan fingerprint density at radius 2 is 1.88 bits per heavy atom. The summed E-state index contributed by atoms with van der Waals surface area (Å²) in [6, 6.07) is 9.94. The zero-order valence-corrected chi connectivity index (χ0v) is 15.0. The third kappa shape index (κ3) is 3.55. The van der Waals surface area contributed by atoms with E-state index in [0.717, 1.165) is 57.1 Å². The van der Waals surface area contributed by atoms with E-state index in [-0.39, 0.29) is 5.91 Å². The number of hydrogen-bond donors (Lipinski definition) is 1. The van der Waals surface area contributed by atoms with E-state index >= 15 is 0 Å². The summed E-state index contributed by atoms with van der Waals surface area (Å²) in [4.78, 5) is 26.1. The van der Waals surface area contributed by atoms with E-state index in [1.807, 2.05) is 29.2 Å². The Balaban J connectivity index is 1.49. The van der Waals surface area contributed by atoms with Crippen LogP contribution in [-0.4, -0.2) is 60.0 Å². The highest BCUT2D eigenvalue weighted by Gasteiger charge is 2.26. The van der Waals surface area contributed by atoms with Crippen LogP contribution in [0.4, 0.5) is 5.95 Å². The van der Waals surface area contributed by atoms with Crippen LogP contribution in [0.5, 0.6) is 0 Å². The molecule has 1 aromatic carbocycles. The predicted molar refractivity (Wildman–Crippen MR) is 101 cm³/mol. The second kappa shape index (κ2) is 7.83. The summed E-state index contributed by atoms with van der Waals surface area (Å²) in [5.41, 5.74) is 2.06. The molecule has 26 heavy (non-hydrogen) atoms. The van der Waals surface area contributed by atoms with Crippen LogP contribution in [0, 0.1) is 0 Å². The van der Waals surface area contributed by atoms with Gasteiger partial charge in [-0.3, -0.25) is 4.79 Å². The first-order valence-corrected chi connectivity index (χ1v) is 9.44. The number of amides is 1. The summed E-state index contributed by atoms with van der Waals surface area (Å²) in [7, 11) is 0. The normalized spacial score (nSPS) is 20.8. The maximum absolute atomic E-state index is 13.2. The molecular formula is C20H25N5O. The Morgan fingerprint density at radius 1 is 1.04 bits per heavy atom. The van der Waals surface area contributed by atoms with Gasteiger partial charge in [0.25, 0.3) is 5.91 Å². The predicted octanol–water partition coefficient (Wildman–Crippen LogP) is 1.91. The fourth-order valence-electron chi connectivity index (χ4n) is 3.91. The van der Waals surface area contributed by atoms with Crippen molar-refractivity contribution in [1.82, 2.24) is 20.2 Å². The highest BCUT2D eigenvalue weighted by Crippen LogP contribution is 2.26. The van der Waals surface area contributed by atoms with Crippen molar-refractivity contribution in [3.63, 3.8) is 0 Å². The molecule has 4 rings (SSSR count). The van der Waals surface area contributed by atoms with Crippen molar-refractivity contribution >= 4 is 11.9 Å². The maximum Gasteiger partial charge on any atom is 0.254 e. The molecule has 2 aliphatic rings. The van der Waals surface area contributed by atoms with Gasteiger partial charge < -0.3 is 15.1 Å². The van der Waals surface area contributed by atoms with Crippen LogP contribution in [0.2, 0.25) is 0 Å². The minimum atomic E-state index is 0.156. The molecule has 6 heteroatoms. The van der Waals surface area contributed by atoms with E-state index < -0.39 is 0 Å². The van der Waals surface area contributed by atoms with Crippen molar-refractivity contribution in [2.75, 3.05) is 44.2 Å². The topological polar surface area (TPSA) is 61.4 Å². The second-order valence-corrected chi connectivity index (χ2v) is 6.96. The Morgan fingerprint density at radius 3 is 2.69 bits per heavy atom. The summed E-state index contributed by atoms with van der Waals surface area (Å²) in [5, 5.41) is 3.41. The van der Waals surface area contributed by atoms with Gasteiger partial charge in [-0.25, -0.2) is 9.97 Å². The van der Waals surface area contributed by atoms with E-state index in [2.05, 4.69) is 26.3 Å². The van der Waals surface area contributed by atoms with E-state index in [0.29, 0.717) is 12.5 Å². The van der Waals surface area contributed by atoms with Gasteiger partial charge in [-0.1, -0.05) is 18.2 Å². The molecule has 0 unspecified atom stereocenters. The number of carbonyl (C=O) groups is 1. The van der Waals surface area contributed by atoms with Crippen LogP contribution in [0.3, 0.4) is 0 Å². The third-order valence-corrected chi connectivity index (χ3v) is 5.31. The molecule has 136 valence electrons. The fourth-order valence-corrected chi connectivity index (χ4v) is 3.91. The zero-order chi connectivity index (χ0) is 17.8. The van der Waals surface area contributed by atoms with Crippen molar-refractivity contribution < 1.29 is 4.79 Å². The van der Waals surface area contributed by atoms with E-state index in [1.54, 1.807) is 12.4 Å². The van der Waals surface area contributed by atoms with Gasteiger partial charge in [0.05, 0.1) is 0 Å². The number of nitrogens with zero attached hydrogens (tertiary/aromatic N) is 4. The Bertz CT molecular complexity index is 745. The average molecular weight is 351 g/mol. The molecule has 2 aromatic rings. The third-order valence-electron chi connectivity index (χ3n) is 5.31. The minimum Gasteiger partial charge on any atom is -0.339 e. The van der Waals surface area contributed by atoms with Gasteiger partial charge in [0.2, 0.25) is 5.95 Å². The first-order valence-electron chi connectivity index (χ1n) is 9.44. The number of benzene rings is 1. The largest absolute Gasteiger partial charge is 0.339 e. The molecule has 3 heterocycles. The van der Waals surface area contributed by atoms with Crippen molar-refractivity contribution in [3.05, 3.63) is 53.9 Å². The van der Waals surface area contributed by atoms with Gasteiger partial charge in [0.15, 0.2) is 0 Å². The highest BCUT2D eigenvalue weighted by atomic mass is 16.2. The molecular weight excluding hydrogens is 326 g/mol. The van der Waals surface area contributed by atoms with Crippen LogP contribution in [-0.2, 0) is 0 Å². The van der Waals surface area contributed by atoms with Crippen LogP contribution in [0.15, 0.2) is 42.7 Å². The molecule has 1 atom stereocenters. The maximum atomic E-state index is 13.2. The first kappa shape index (κ1) is 17.0. The lowest BCUT2D eigenvalue weighted by Crippen LogP contribution is -2.36. The molecule has 0 spiro atoms. The summed E-state index contributed by atoms with van der Waals surface area (Å²) >= 11 is 0. The molecule has 0 aliphatic carbocycles. The van der Waals surface area contributed by atoms with Gasteiger partial charge >= 0.3 is 0 Å². The smallest absolute Gasteiger partial charge is 0.254 e. The summed E-state index contributed by atoms with van der Waals surface area (Å²) < 4.78 is 0. The zero-order valence-electron chi connectivity index (χ0n) is 15.0. The minimum absolute atomic E-state index is 0.156. The second-order valence-electron chi connectivity index (χ2n) is 6.96. The van der Waals surface area contributed by atoms with E-state index in [4.69, 9.17) is 0 Å². The number of hydrogen-bond acceptors (Lipinski definition) is 5. The molecule has 0 radical (unpaired) electrons. The van der Waals surface area contributed by atoms with Crippen LogP contribution in [0.1, 0.15) is 34.7 Å². The standard InChI is InChI=1S/C20H25N5O/c26-19(18-6-2-1-5-17(18)16-7-10-21-15-16)24-11-4-12-25(14-13-24)20-22-8-3-9-23-20/h1-3,5-6,8-9,16,21H,4,7,10-15H2/t16-/m1/s1. The fraction of sp³-hybridized carbons (Fsp3) is 0.450. The Kier molecular flexibility index (Phi) is 5.11. The first-order chi connectivity index (χ1) is 12.8. The molecule has 1 N–H and O–H groups in total. The number of nitrogens with one attached hydrogen (secondary N) is 1. The number of anilines is 1. The molecule has 2 saturated heterocycles. The SMILES string of the molecule is O=C(c1ccccc1[C@@H]1CCNC1)N1CCCN(c2ncccn2)CC1. The summed E-state index contributed by atoms with van der Waals surface area (Å²) in [6.45, 7) is 5.12. The summed E-state index contributed by atoms with van der Waals surface area (Å²) in [6.07, 6.45) is 5.56. The average Bonchev–Trinajstić information content (AvgIpc) is 3.12. The lowest BCUT2D eigenvalue weighted by Gasteiger charge is -2.24. The van der Waals surface area contributed by atoms with E-state index in [9.17, 15) is 4.79 Å². The lowest BCUT2D eigenvalue weighted by molar-refractivity contribution is 0.0765. The van der Waals surface area contributed by atoms with Crippen molar-refractivity contribution in [3.8, 4) is 0 Å². The van der Waals surface area contributed by atoms with Crippen LogP contribution >= 0.6 is 0 Å².